The van der Waals surface area contributed by atoms with Gasteiger partial charge in [0, 0.05) is 23.5 Å². The molecule has 3 aromatic rings. The molecule has 0 bridgehead atoms. The van der Waals surface area contributed by atoms with Crippen molar-refractivity contribution in [2.75, 3.05) is 0 Å². The van der Waals surface area contributed by atoms with E-state index in [0.29, 0.717) is 0 Å². The maximum absolute atomic E-state index is 4.71. The molecule has 92 valence electrons. The summed E-state index contributed by atoms with van der Waals surface area (Å²) in [4.78, 5) is 8.85. The molecule has 0 aliphatic heterocycles. The zero-order valence-corrected chi connectivity index (χ0v) is 10.7. The van der Waals surface area contributed by atoms with E-state index < -0.39 is 0 Å². The number of pyridine rings is 2. The highest BCUT2D eigenvalue weighted by Crippen LogP contribution is 2.22. The molecule has 19 heavy (non-hydrogen) atoms. The van der Waals surface area contributed by atoms with Crippen molar-refractivity contribution in [2.24, 2.45) is 0 Å². The summed E-state index contributed by atoms with van der Waals surface area (Å²) < 4.78 is 0. The molecule has 0 radical (unpaired) electrons. The first-order valence-corrected chi connectivity index (χ1v) is 6.27. The van der Waals surface area contributed by atoms with Crippen LogP contribution in [0.2, 0.25) is 0 Å². The normalized spacial score (nSPS) is 10.4. The van der Waals surface area contributed by atoms with Crippen LogP contribution < -0.4 is 0 Å². The number of rotatable bonds is 2. The van der Waals surface area contributed by atoms with Gasteiger partial charge in [-0.15, -0.1) is 0 Å². The van der Waals surface area contributed by atoms with Crippen molar-refractivity contribution in [3.05, 3.63) is 72.6 Å². The van der Waals surface area contributed by atoms with E-state index in [2.05, 4.69) is 36.2 Å². The molecule has 0 unspecified atom stereocenters. The molecule has 0 atom stereocenters. The lowest BCUT2D eigenvalue weighted by molar-refractivity contribution is 1.28. The molecule has 0 saturated carbocycles. The highest BCUT2D eigenvalue weighted by atomic mass is 14.7. The number of aromatic nitrogens is 2. The van der Waals surface area contributed by atoms with E-state index in [1.165, 1.54) is 5.56 Å². The van der Waals surface area contributed by atoms with Crippen molar-refractivity contribution in [3.63, 3.8) is 0 Å². The van der Waals surface area contributed by atoms with Gasteiger partial charge in [-0.25, -0.2) is 4.98 Å². The van der Waals surface area contributed by atoms with Gasteiger partial charge < -0.3 is 0 Å². The third kappa shape index (κ3) is 2.52. The molecule has 0 amide bonds. The maximum atomic E-state index is 4.71. The van der Waals surface area contributed by atoms with Crippen LogP contribution in [0.3, 0.4) is 0 Å². The second-order valence-electron chi connectivity index (χ2n) is 4.52. The van der Waals surface area contributed by atoms with E-state index >= 15 is 0 Å². The molecule has 0 aliphatic rings. The standard InChI is InChI=1S/C17H14N2/c1-13-5-2-6-14(11-13)16-8-3-9-17(19-16)15-7-4-10-18-12-15/h2-12H,1H3. The van der Waals surface area contributed by atoms with Crippen molar-refractivity contribution in [1.29, 1.82) is 0 Å². The monoisotopic (exact) mass is 246 g/mol. The molecule has 0 saturated heterocycles. The van der Waals surface area contributed by atoms with Crippen LogP contribution >= 0.6 is 0 Å². The Morgan fingerprint density at radius 1 is 0.789 bits per heavy atom. The quantitative estimate of drug-likeness (QED) is 0.679. The summed E-state index contributed by atoms with van der Waals surface area (Å²) in [6.07, 6.45) is 3.61. The molecule has 2 nitrogen and oxygen atoms in total. The lowest BCUT2D eigenvalue weighted by Gasteiger charge is -2.05. The Hall–Kier alpha value is -2.48. The average molecular weight is 246 g/mol. The van der Waals surface area contributed by atoms with Gasteiger partial charge in [0.1, 0.15) is 0 Å². The van der Waals surface area contributed by atoms with Gasteiger partial charge in [0.15, 0.2) is 0 Å². The summed E-state index contributed by atoms with van der Waals surface area (Å²) >= 11 is 0. The Kier molecular flexibility index (Phi) is 3.07. The predicted octanol–water partition coefficient (Wildman–Crippen LogP) is 4.12. The van der Waals surface area contributed by atoms with Gasteiger partial charge >= 0.3 is 0 Å². The average Bonchev–Trinajstić information content (AvgIpc) is 2.48. The van der Waals surface area contributed by atoms with Gasteiger partial charge in [-0.1, -0.05) is 29.8 Å². The van der Waals surface area contributed by atoms with Crippen LogP contribution in [0.4, 0.5) is 0 Å². The summed E-state index contributed by atoms with van der Waals surface area (Å²) in [6, 6.07) is 18.4. The Morgan fingerprint density at radius 3 is 2.26 bits per heavy atom. The second kappa shape index (κ2) is 5.02. The minimum Gasteiger partial charge on any atom is -0.264 e. The third-order valence-corrected chi connectivity index (χ3v) is 3.02. The zero-order valence-electron chi connectivity index (χ0n) is 10.7. The van der Waals surface area contributed by atoms with E-state index in [4.69, 9.17) is 4.98 Å². The van der Waals surface area contributed by atoms with Crippen molar-refractivity contribution in [2.45, 2.75) is 6.92 Å². The topological polar surface area (TPSA) is 25.8 Å². The number of nitrogens with zero attached hydrogens (tertiary/aromatic N) is 2. The van der Waals surface area contributed by atoms with E-state index in [-0.39, 0.29) is 0 Å². The first kappa shape index (κ1) is 11.6. The van der Waals surface area contributed by atoms with Crippen LogP contribution in [0.5, 0.6) is 0 Å². The van der Waals surface area contributed by atoms with Crippen molar-refractivity contribution in [1.82, 2.24) is 9.97 Å². The van der Waals surface area contributed by atoms with Gasteiger partial charge in [0.05, 0.1) is 11.4 Å². The lowest BCUT2D eigenvalue weighted by Crippen LogP contribution is -1.88. The van der Waals surface area contributed by atoms with Crippen LogP contribution in [-0.2, 0) is 0 Å². The third-order valence-electron chi connectivity index (χ3n) is 3.02. The van der Waals surface area contributed by atoms with Crippen LogP contribution in [0.15, 0.2) is 67.0 Å². The first-order valence-electron chi connectivity index (χ1n) is 6.27. The Morgan fingerprint density at radius 2 is 1.53 bits per heavy atom. The smallest absolute Gasteiger partial charge is 0.0725 e. The van der Waals surface area contributed by atoms with Crippen molar-refractivity contribution < 1.29 is 0 Å². The van der Waals surface area contributed by atoms with Gasteiger partial charge in [-0.2, -0.15) is 0 Å². The SMILES string of the molecule is Cc1cccc(-c2cccc(-c3cccnc3)n2)c1. The molecule has 0 aliphatic carbocycles. The molecule has 0 N–H and O–H groups in total. The van der Waals surface area contributed by atoms with Gasteiger partial charge in [0.25, 0.3) is 0 Å². The van der Waals surface area contributed by atoms with Gasteiger partial charge in [0.2, 0.25) is 0 Å². The lowest BCUT2D eigenvalue weighted by atomic mass is 10.1. The zero-order chi connectivity index (χ0) is 13.1. The van der Waals surface area contributed by atoms with Crippen LogP contribution in [-0.4, -0.2) is 9.97 Å². The Labute approximate surface area is 112 Å². The summed E-state index contributed by atoms with van der Waals surface area (Å²) in [7, 11) is 0. The van der Waals surface area contributed by atoms with Crippen LogP contribution in [0, 0.1) is 6.92 Å². The largest absolute Gasteiger partial charge is 0.264 e. The van der Waals surface area contributed by atoms with Crippen molar-refractivity contribution >= 4 is 0 Å². The fourth-order valence-corrected chi connectivity index (χ4v) is 2.07. The fraction of sp³-hybridized carbons (Fsp3) is 0.0588. The molecule has 3 rings (SSSR count). The summed E-state index contributed by atoms with van der Waals surface area (Å²) in [5.41, 5.74) is 5.37. The predicted molar refractivity (Wildman–Crippen MR) is 77.6 cm³/mol. The second-order valence-corrected chi connectivity index (χ2v) is 4.52. The van der Waals surface area contributed by atoms with Crippen LogP contribution in [0.25, 0.3) is 22.5 Å². The number of aryl methyl sites for hydroxylation is 1. The highest BCUT2D eigenvalue weighted by Gasteiger charge is 2.03. The molecule has 0 spiro atoms. The minimum absolute atomic E-state index is 0.951. The summed E-state index contributed by atoms with van der Waals surface area (Å²) in [5, 5.41) is 0. The fourth-order valence-electron chi connectivity index (χ4n) is 2.07. The molecule has 2 heteroatoms. The molecule has 2 heterocycles. The molecular formula is C17H14N2. The van der Waals surface area contributed by atoms with E-state index in [0.717, 1.165) is 22.5 Å². The molecule has 2 aromatic heterocycles. The van der Waals surface area contributed by atoms with Gasteiger partial charge in [-0.05, 0) is 37.3 Å². The summed E-state index contributed by atoms with van der Waals surface area (Å²) in [5.74, 6) is 0. The van der Waals surface area contributed by atoms with Gasteiger partial charge in [-0.3, -0.25) is 4.98 Å². The maximum Gasteiger partial charge on any atom is 0.0725 e. The highest BCUT2D eigenvalue weighted by molar-refractivity contribution is 5.65. The number of hydrogen-bond donors (Lipinski definition) is 0. The van der Waals surface area contributed by atoms with Crippen molar-refractivity contribution in [3.8, 4) is 22.5 Å². The van der Waals surface area contributed by atoms with E-state index in [9.17, 15) is 0 Å². The van der Waals surface area contributed by atoms with E-state index in [1.54, 1.807) is 6.20 Å². The summed E-state index contributed by atoms with van der Waals surface area (Å²) in [6.45, 7) is 2.09. The number of hydrogen-bond acceptors (Lipinski definition) is 2. The van der Waals surface area contributed by atoms with Crippen LogP contribution in [0.1, 0.15) is 5.56 Å². The Balaban J connectivity index is 2.06. The minimum atomic E-state index is 0.951. The van der Waals surface area contributed by atoms with E-state index in [1.807, 2.05) is 36.5 Å². The Bertz CT molecular complexity index is 690. The number of benzene rings is 1. The molecular weight excluding hydrogens is 232 g/mol. The first-order chi connectivity index (χ1) is 9.33. The molecule has 1 aromatic carbocycles. The molecule has 0 fully saturated rings.